The first kappa shape index (κ1) is 16.9. The predicted octanol–water partition coefficient (Wildman–Crippen LogP) is 6.57. The van der Waals surface area contributed by atoms with Crippen molar-refractivity contribution >= 4 is 32.7 Å². The van der Waals surface area contributed by atoms with Gasteiger partial charge in [-0.3, -0.25) is 0 Å². The van der Waals surface area contributed by atoms with Gasteiger partial charge in [-0.25, -0.2) is 15.0 Å². The largest absolute Gasteiger partial charge is 0.456 e. The Balaban J connectivity index is 1.49. The van der Waals surface area contributed by atoms with Crippen LogP contribution in [0.3, 0.4) is 0 Å². The smallest absolute Gasteiger partial charge is 0.163 e. The van der Waals surface area contributed by atoms with E-state index in [4.69, 9.17) is 9.40 Å². The van der Waals surface area contributed by atoms with E-state index in [9.17, 15) is 0 Å². The zero-order valence-electron chi connectivity index (χ0n) is 16.3. The Morgan fingerprint density at radius 3 is 2.10 bits per heavy atom. The van der Waals surface area contributed by atoms with E-state index in [2.05, 4.69) is 52.4 Å². The number of fused-ring (bicyclic) bond motifs is 4. The predicted molar refractivity (Wildman–Crippen MR) is 120 cm³/mol. The van der Waals surface area contributed by atoms with Crippen molar-refractivity contribution in [3.05, 3.63) is 90.8 Å². The molecule has 6 aromatic rings. The van der Waals surface area contributed by atoms with Crippen LogP contribution < -0.4 is 0 Å². The van der Waals surface area contributed by atoms with Crippen molar-refractivity contribution in [2.45, 2.75) is 6.92 Å². The summed E-state index contributed by atoms with van der Waals surface area (Å²) >= 11 is 0. The summed E-state index contributed by atoms with van der Waals surface area (Å²) in [6.07, 6.45) is 0. The lowest BCUT2D eigenvalue weighted by atomic mass is 10.1. The average molecular weight is 387 g/mol. The first-order valence-electron chi connectivity index (χ1n) is 9.88. The molecule has 30 heavy (non-hydrogen) atoms. The topological polar surface area (TPSA) is 51.8 Å². The van der Waals surface area contributed by atoms with Crippen molar-refractivity contribution in [1.82, 2.24) is 15.0 Å². The maximum Gasteiger partial charge on any atom is 0.163 e. The molecule has 0 aliphatic rings. The molecule has 2 heterocycles. The summed E-state index contributed by atoms with van der Waals surface area (Å²) in [5.41, 5.74) is 3.60. The second kappa shape index (κ2) is 6.49. The van der Waals surface area contributed by atoms with E-state index in [0.717, 1.165) is 33.1 Å². The highest BCUT2D eigenvalue weighted by molar-refractivity contribution is 6.05. The highest BCUT2D eigenvalue weighted by atomic mass is 16.3. The van der Waals surface area contributed by atoms with Gasteiger partial charge in [0, 0.05) is 21.9 Å². The number of hydrogen-bond donors (Lipinski definition) is 0. The lowest BCUT2D eigenvalue weighted by Gasteiger charge is -2.07. The van der Waals surface area contributed by atoms with Crippen LogP contribution in [0.4, 0.5) is 0 Å². The van der Waals surface area contributed by atoms with Gasteiger partial charge in [0.05, 0.1) is 0 Å². The number of nitrogens with zero attached hydrogens (tertiary/aromatic N) is 3. The molecule has 0 spiro atoms. The monoisotopic (exact) mass is 387 g/mol. The molecule has 0 saturated carbocycles. The zero-order valence-corrected chi connectivity index (χ0v) is 16.3. The van der Waals surface area contributed by atoms with Crippen molar-refractivity contribution in [1.29, 1.82) is 0 Å². The number of rotatable bonds is 2. The normalized spacial score (nSPS) is 11.5. The minimum atomic E-state index is 0.646. The van der Waals surface area contributed by atoms with E-state index in [-0.39, 0.29) is 0 Å². The van der Waals surface area contributed by atoms with E-state index in [1.54, 1.807) is 0 Å². The first-order chi connectivity index (χ1) is 14.7. The fourth-order valence-corrected chi connectivity index (χ4v) is 3.93. The summed E-state index contributed by atoms with van der Waals surface area (Å²) in [4.78, 5) is 14.0. The third-order valence-corrected chi connectivity index (χ3v) is 5.39. The summed E-state index contributed by atoms with van der Waals surface area (Å²) in [6, 6.07) is 28.8. The summed E-state index contributed by atoms with van der Waals surface area (Å²) in [7, 11) is 0. The molecule has 0 aliphatic heterocycles. The molecular weight excluding hydrogens is 370 g/mol. The van der Waals surface area contributed by atoms with Gasteiger partial charge in [-0.15, -0.1) is 0 Å². The maximum atomic E-state index is 6.04. The second-order valence-electron chi connectivity index (χ2n) is 7.40. The highest BCUT2D eigenvalue weighted by Crippen LogP contribution is 2.31. The van der Waals surface area contributed by atoms with Crippen LogP contribution in [0.25, 0.3) is 55.5 Å². The van der Waals surface area contributed by atoms with Crippen LogP contribution >= 0.6 is 0 Å². The second-order valence-corrected chi connectivity index (χ2v) is 7.40. The highest BCUT2D eigenvalue weighted by Gasteiger charge is 2.12. The standard InChI is InChI=1S/C26H17N3O/c1-16-27-25(19-11-10-17-6-2-3-7-18(17)14-19)29-26(28-16)20-12-13-22-21-8-4-5-9-23(21)30-24(22)15-20/h2-15H,1H3. The van der Waals surface area contributed by atoms with Crippen molar-refractivity contribution in [3.63, 3.8) is 0 Å². The van der Waals surface area contributed by atoms with Gasteiger partial charge in [0.25, 0.3) is 0 Å². The van der Waals surface area contributed by atoms with E-state index < -0.39 is 0 Å². The quantitative estimate of drug-likeness (QED) is 0.337. The lowest BCUT2D eigenvalue weighted by Crippen LogP contribution is -1.99. The zero-order chi connectivity index (χ0) is 20.1. The van der Waals surface area contributed by atoms with Gasteiger partial charge in [0.2, 0.25) is 0 Å². The molecule has 0 aliphatic carbocycles. The molecule has 0 radical (unpaired) electrons. The first-order valence-corrected chi connectivity index (χ1v) is 9.88. The molecule has 0 bridgehead atoms. The van der Waals surface area contributed by atoms with Gasteiger partial charge in [-0.2, -0.15) is 0 Å². The molecule has 0 amide bonds. The molecule has 2 aromatic heterocycles. The number of para-hydroxylation sites is 1. The molecule has 4 nitrogen and oxygen atoms in total. The molecule has 0 saturated heterocycles. The van der Waals surface area contributed by atoms with E-state index >= 15 is 0 Å². The molecule has 0 fully saturated rings. The van der Waals surface area contributed by atoms with Gasteiger partial charge in [0.1, 0.15) is 17.0 Å². The van der Waals surface area contributed by atoms with Crippen LogP contribution in [0.2, 0.25) is 0 Å². The fourth-order valence-electron chi connectivity index (χ4n) is 3.93. The Morgan fingerprint density at radius 2 is 1.23 bits per heavy atom. The van der Waals surface area contributed by atoms with Gasteiger partial charge in [0.15, 0.2) is 11.6 Å². The number of aryl methyl sites for hydroxylation is 1. The third kappa shape index (κ3) is 2.73. The van der Waals surface area contributed by atoms with Crippen LogP contribution in [0, 0.1) is 6.92 Å². The molecule has 6 rings (SSSR count). The van der Waals surface area contributed by atoms with Crippen molar-refractivity contribution < 1.29 is 4.42 Å². The van der Waals surface area contributed by atoms with E-state index in [1.807, 2.05) is 49.4 Å². The van der Waals surface area contributed by atoms with Crippen molar-refractivity contribution in [3.8, 4) is 22.8 Å². The Hall–Kier alpha value is -4.05. The number of furan rings is 1. The van der Waals surface area contributed by atoms with E-state index in [1.165, 1.54) is 10.8 Å². The van der Waals surface area contributed by atoms with Gasteiger partial charge in [-0.05, 0) is 42.0 Å². The van der Waals surface area contributed by atoms with Crippen molar-refractivity contribution in [2.24, 2.45) is 0 Å². The van der Waals surface area contributed by atoms with Crippen LogP contribution in [0.5, 0.6) is 0 Å². The molecule has 0 atom stereocenters. The Bertz CT molecular complexity index is 1570. The number of benzene rings is 4. The molecule has 0 unspecified atom stereocenters. The maximum absolute atomic E-state index is 6.04. The molecule has 0 N–H and O–H groups in total. The summed E-state index contributed by atoms with van der Waals surface area (Å²) < 4.78 is 6.04. The Kier molecular flexibility index (Phi) is 3.65. The Morgan fingerprint density at radius 1 is 0.567 bits per heavy atom. The average Bonchev–Trinajstić information content (AvgIpc) is 3.16. The third-order valence-electron chi connectivity index (χ3n) is 5.39. The number of hydrogen-bond acceptors (Lipinski definition) is 4. The van der Waals surface area contributed by atoms with Crippen molar-refractivity contribution in [2.75, 3.05) is 0 Å². The van der Waals surface area contributed by atoms with Crippen LogP contribution in [0.15, 0.2) is 89.3 Å². The van der Waals surface area contributed by atoms with Gasteiger partial charge in [-0.1, -0.05) is 60.7 Å². The summed E-state index contributed by atoms with van der Waals surface area (Å²) in [5.74, 6) is 2.01. The van der Waals surface area contributed by atoms with E-state index in [0.29, 0.717) is 17.5 Å². The fraction of sp³-hybridized carbons (Fsp3) is 0.0385. The SMILES string of the molecule is Cc1nc(-c2ccc3ccccc3c2)nc(-c2ccc3c(c2)oc2ccccc23)n1. The Labute approximate surface area is 172 Å². The minimum absolute atomic E-state index is 0.646. The van der Waals surface area contributed by atoms with Crippen LogP contribution in [-0.4, -0.2) is 15.0 Å². The molecule has 4 heteroatoms. The molecule has 4 aromatic carbocycles. The molecular formula is C26H17N3O. The summed E-state index contributed by atoms with van der Waals surface area (Å²) in [6.45, 7) is 1.90. The molecule has 142 valence electrons. The lowest BCUT2D eigenvalue weighted by molar-refractivity contribution is 0.669. The summed E-state index contributed by atoms with van der Waals surface area (Å²) in [5, 5.41) is 4.57. The number of aromatic nitrogens is 3. The van der Waals surface area contributed by atoms with Gasteiger partial charge < -0.3 is 4.42 Å². The minimum Gasteiger partial charge on any atom is -0.456 e. The van der Waals surface area contributed by atoms with Crippen LogP contribution in [0.1, 0.15) is 5.82 Å². The van der Waals surface area contributed by atoms with Gasteiger partial charge >= 0.3 is 0 Å². The van der Waals surface area contributed by atoms with Crippen LogP contribution in [-0.2, 0) is 0 Å².